The summed E-state index contributed by atoms with van der Waals surface area (Å²) in [5.41, 5.74) is 2.00. The van der Waals surface area contributed by atoms with Crippen LogP contribution in [0.5, 0.6) is 0 Å². The molecule has 0 aliphatic rings. The van der Waals surface area contributed by atoms with E-state index in [9.17, 15) is 13.6 Å². The number of anilines is 1. The molecule has 6 heteroatoms. The molecule has 0 aliphatic carbocycles. The van der Waals surface area contributed by atoms with Crippen LogP contribution in [0, 0.1) is 11.6 Å². The molecule has 2 aromatic carbocycles. The first kappa shape index (κ1) is 17.1. The number of amides is 1. The molecule has 0 radical (unpaired) electrons. The minimum absolute atomic E-state index is 0.00762. The van der Waals surface area contributed by atoms with E-state index >= 15 is 0 Å². The van der Waals surface area contributed by atoms with Crippen LogP contribution in [0.3, 0.4) is 0 Å². The summed E-state index contributed by atoms with van der Waals surface area (Å²) in [6.07, 6.45) is 0. The van der Waals surface area contributed by atoms with E-state index in [4.69, 9.17) is 4.74 Å². The van der Waals surface area contributed by atoms with E-state index in [1.165, 1.54) is 19.2 Å². The fourth-order valence-electron chi connectivity index (χ4n) is 2.09. The second-order valence-electron chi connectivity index (χ2n) is 5.02. The van der Waals surface area contributed by atoms with Crippen molar-refractivity contribution in [2.75, 3.05) is 19.0 Å². The van der Waals surface area contributed by atoms with Crippen LogP contribution in [0.15, 0.2) is 42.5 Å². The largest absolute Gasteiger partial charge is 0.375 e. The highest BCUT2D eigenvalue weighted by molar-refractivity contribution is 5.91. The van der Waals surface area contributed by atoms with Gasteiger partial charge in [0.2, 0.25) is 5.91 Å². The summed E-state index contributed by atoms with van der Waals surface area (Å²) in [4.78, 5) is 11.5. The van der Waals surface area contributed by atoms with E-state index in [-0.39, 0.29) is 19.1 Å². The van der Waals surface area contributed by atoms with Crippen molar-refractivity contribution in [1.29, 1.82) is 0 Å². The molecule has 0 fully saturated rings. The van der Waals surface area contributed by atoms with Crippen molar-refractivity contribution in [3.63, 3.8) is 0 Å². The Kier molecular flexibility index (Phi) is 6.19. The Morgan fingerprint density at radius 1 is 1.13 bits per heavy atom. The zero-order valence-corrected chi connectivity index (χ0v) is 12.7. The lowest BCUT2D eigenvalue weighted by Crippen LogP contribution is -2.17. The zero-order chi connectivity index (χ0) is 16.7. The maximum Gasteiger partial charge on any atom is 0.250 e. The Hall–Kier alpha value is -2.31. The highest BCUT2D eigenvalue weighted by Gasteiger charge is 2.04. The summed E-state index contributed by atoms with van der Waals surface area (Å²) in [6, 6.07) is 10.8. The molecule has 0 saturated heterocycles. The van der Waals surface area contributed by atoms with Gasteiger partial charge in [-0.2, -0.15) is 0 Å². The highest BCUT2D eigenvalue weighted by atomic mass is 19.1. The van der Waals surface area contributed by atoms with E-state index in [2.05, 4.69) is 10.6 Å². The Morgan fingerprint density at radius 2 is 1.96 bits per heavy atom. The quantitative estimate of drug-likeness (QED) is 0.825. The normalized spacial score (nSPS) is 10.6. The van der Waals surface area contributed by atoms with Gasteiger partial charge in [-0.25, -0.2) is 8.78 Å². The van der Waals surface area contributed by atoms with Crippen LogP contribution in [0.1, 0.15) is 11.1 Å². The maximum atomic E-state index is 13.5. The van der Waals surface area contributed by atoms with E-state index in [0.29, 0.717) is 17.8 Å². The fraction of sp³-hybridized carbons (Fsp3) is 0.235. The number of rotatable bonds is 7. The number of methoxy groups -OCH3 is 1. The lowest BCUT2D eigenvalue weighted by molar-refractivity contribution is -0.119. The third-order valence-electron chi connectivity index (χ3n) is 3.15. The first-order valence-electron chi connectivity index (χ1n) is 7.11. The van der Waals surface area contributed by atoms with Crippen molar-refractivity contribution in [3.05, 3.63) is 65.2 Å². The monoisotopic (exact) mass is 320 g/mol. The molecule has 0 aliphatic heterocycles. The van der Waals surface area contributed by atoms with Crippen LogP contribution in [0.2, 0.25) is 0 Å². The number of nitrogens with one attached hydrogen (secondary N) is 2. The van der Waals surface area contributed by atoms with Gasteiger partial charge in [0, 0.05) is 37.5 Å². The second-order valence-corrected chi connectivity index (χ2v) is 5.02. The molecule has 1 amide bonds. The van der Waals surface area contributed by atoms with Gasteiger partial charge in [-0.3, -0.25) is 4.79 Å². The summed E-state index contributed by atoms with van der Waals surface area (Å²) >= 11 is 0. The molecule has 4 nitrogen and oxygen atoms in total. The molecule has 0 spiro atoms. The first-order chi connectivity index (χ1) is 11.1. The molecule has 2 rings (SSSR count). The van der Waals surface area contributed by atoms with Gasteiger partial charge in [-0.05, 0) is 23.8 Å². The number of benzene rings is 2. The van der Waals surface area contributed by atoms with Crippen LogP contribution < -0.4 is 10.6 Å². The van der Waals surface area contributed by atoms with E-state index in [0.717, 1.165) is 11.6 Å². The van der Waals surface area contributed by atoms with E-state index < -0.39 is 11.6 Å². The topological polar surface area (TPSA) is 50.4 Å². The van der Waals surface area contributed by atoms with Gasteiger partial charge >= 0.3 is 0 Å². The van der Waals surface area contributed by atoms with Gasteiger partial charge in [0.05, 0.1) is 0 Å². The van der Waals surface area contributed by atoms with E-state index in [1.54, 1.807) is 6.07 Å². The third kappa shape index (κ3) is 5.43. The summed E-state index contributed by atoms with van der Waals surface area (Å²) in [5, 5.41) is 5.80. The molecule has 0 unspecified atom stereocenters. The predicted molar refractivity (Wildman–Crippen MR) is 83.8 cm³/mol. The van der Waals surface area contributed by atoms with Crippen LogP contribution in [0.4, 0.5) is 14.5 Å². The zero-order valence-electron chi connectivity index (χ0n) is 12.7. The van der Waals surface area contributed by atoms with Crippen LogP contribution in [-0.4, -0.2) is 19.6 Å². The van der Waals surface area contributed by atoms with Crippen molar-refractivity contribution in [3.8, 4) is 0 Å². The molecule has 0 atom stereocenters. The Bertz CT molecular complexity index is 677. The molecular weight excluding hydrogens is 302 g/mol. The Balaban J connectivity index is 1.89. The number of carbonyl (C=O) groups excluding carboxylic acids is 1. The number of halogens is 2. The average molecular weight is 320 g/mol. The predicted octanol–water partition coefficient (Wildman–Crippen LogP) is 2.84. The summed E-state index contributed by atoms with van der Waals surface area (Å²) in [6.45, 7) is 0.767. The van der Waals surface area contributed by atoms with Crippen molar-refractivity contribution in [2.24, 2.45) is 0 Å². The summed E-state index contributed by atoms with van der Waals surface area (Å²) < 4.78 is 31.1. The fourth-order valence-corrected chi connectivity index (χ4v) is 2.09. The van der Waals surface area contributed by atoms with E-state index in [1.807, 2.05) is 18.2 Å². The molecule has 0 bridgehead atoms. The second kappa shape index (κ2) is 8.36. The summed E-state index contributed by atoms with van der Waals surface area (Å²) in [5.74, 6) is -1.39. The van der Waals surface area contributed by atoms with Gasteiger partial charge in [0.1, 0.15) is 18.2 Å². The molecule has 2 aromatic rings. The highest BCUT2D eigenvalue weighted by Crippen LogP contribution is 2.12. The lowest BCUT2D eigenvalue weighted by atomic mass is 10.1. The van der Waals surface area contributed by atoms with Crippen LogP contribution in [0.25, 0.3) is 0 Å². The number of ether oxygens (including phenoxy) is 1. The maximum absolute atomic E-state index is 13.5. The molecule has 122 valence electrons. The Morgan fingerprint density at radius 3 is 2.70 bits per heavy atom. The lowest BCUT2D eigenvalue weighted by Gasteiger charge is -2.09. The smallest absolute Gasteiger partial charge is 0.250 e. The molecule has 23 heavy (non-hydrogen) atoms. The van der Waals surface area contributed by atoms with Gasteiger partial charge in [0.15, 0.2) is 0 Å². The van der Waals surface area contributed by atoms with Crippen molar-refractivity contribution >= 4 is 11.6 Å². The van der Waals surface area contributed by atoms with Gasteiger partial charge in [0.25, 0.3) is 0 Å². The minimum Gasteiger partial charge on any atom is -0.375 e. The van der Waals surface area contributed by atoms with Crippen LogP contribution in [-0.2, 0) is 22.6 Å². The summed E-state index contributed by atoms with van der Waals surface area (Å²) in [7, 11) is 1.45. The number of carbonyl (C=O) groups is 1. The van der Waals surface area contributed by atoms with Crippen LogP contribution >= 0.6 is 0 Å². The van der Waals surface area contributed by atoms with Gasteiger partial charge in [-0.15, -0.1) is 0 Å². The van der Waals surface area contributed by atoms with Gasteiger partial charge < -0.3 is 15.4 Å². The van der Waals surface area contributed by atoms with Crippen molar-refractivity contribution in [2.45, 2.75) is 13.1 Å². The molecule has 0 saturated carbocycles. The van der Waals surface area contributed by atoms with Crippen molar-refractivity contribution in [1.82, 2.24) is 5.32 Å². The SMILES string of the molecule is COCC(=O)Nc1cccc(CNCc2ccc(F)cc2F)c1. The standard InChI is InChI=1S/C17H18F2N2O2/c1-23-11-17(22)21-15-4-2-3-12(7-15)9-20-10-13-5-6-14(18)8-16(13)19/h2-8,20H,9-11H2,1H3,(H,21,22). The van der Waals surface area contributed by atoms with Crippen molar-refractivity contribution < 1.29 is 18.3 Å². The minimum atomic E-state index is -0.592. The molecule has 0 heterocycles. The molecule has 2 N–H and O–H groups in total. The Labute approximate surface area is 133 Å². The average Bonchev–Trinajstić information content (AvgIpc) is 2.50. The third-order valence-corrected chi connectivity index (χ3v) is 3.15. The number of hydrogen-bond donors (Lipinski definition) is 2. The van der Waals surface area contributed by atoms with Gasteiger partial charge in [-0.1, -0.05) is 18.2 Å². The number of hydrogen-bond acceptors (Lipinski definition) is 3. The molecular formula is C17H18F2N2O2. The molecule has 0 aromatic heterocycles. The first-order valence-corrected chi connectivity index (χ1v) is 7.11.